The number of amides is 1. The van der Waals surface area contributed by atoms with E-state index in [0.717, 1.165) is 49.4 Å². The number of nitrogens with zero attached hydrogens (tertiary/aromatic N) is 4. The van der Waals surface area contributed by atoms with Crippen LogP contribution in [-0.4, -0.2) is 59.7 Å². The zero-order valence-electron chi connectivity index (χ0n) is 16.3. The van der Waals surface area contributed by atoms with Gasteiger partial charge in [0, 0.05) is 56.4 Å². The van der Waals surface area contributed by atoms with Crippen molar-refractivity contribution in [1.82, 2.24) is 14.9 Å². The van der Waals surface area contributed by atoms with E-state index in [1.165, 1.54) is 0 Å². The van der Waals surface area contributed by atoms with Crippen molar-refractivity contribution in [2.24, 2.45) is 0 Å². The summed E-state index contributed by atoms with van der Waals surface area (Å²) in [5.74, 6) is 0.760. The molecule has 7 nitrogen and oxygen atoms in total. The summed E-state index contributed by atoms with van der Waals surface area (Å²) in [6, 6.07) is 8.03. The Morgan fingerprint density at radius 2 is 2.04 bits per heavy atom. The van der Waals surface area contributed by atoms with Gasteiger partial charge in [0.2, 0.25) is 11.9 Å². The van der Waals surface area contributed by atoms with Crippen molar-refractivity contribution < 1.29 is 9.53 Å². The van der Waals surface area contributed by atoms with E-state index in [0.29, 0.717) is 25.6 Å². The smallest absolute Gasteiger partial charge is 0.241 e. The molecule has 28 heavy (non-hydrogen) atoms. The Hall–Kier alpha value is -2.51. The van der Waals surface area contributed by atoms with Crippen molar-refractivity contribution in [2.45, 2.75) is 32.4 Å². The fourth-order valence-electron chi connectivity index (χ4n) is 3.77. The minimum absolute atomic E-state index is 0.135. The number of ether oxygens (including phenoxy) is 1. The van der Waals surface area contributed by atoms with E-state index in [1.54, 1.807) is 0 Å². The van der Waals surface area contributed by atoms with Crippen molar-refractivity contribution in [3.8, 4) is 0 Å². The third-order valence-corrected chi connectivity index (χ3v) is 5.33. The predicted molar refractivity (Wildman–Crippen MR) is 108 cm³/mol. The number of para-hydroxylation sites is 1. The molecule has 1 aromatic carbocycles. The minimum atomic E-state index is 0.135. The lowest BCUT2D eigenvalue weighted by atomic mass is 10.1. The highest BCUT2D eigenvalue weighted by Gasteiger charge is 2.26. The van der Waals surface area contributed by atoms with E-state index in [2.05, 4.69) is 20.2 Å². The maximum atomic E-state index is 12.6. The van der Waals surface area contributed by atoms with Gasteiger partial charge in [0.05, 0.1) is 12.6 Å². The van der Waals surface area contributed by atoms with Crippen LogP contribution in [0.5, 0.6) is 0 Å². The lowest BCUT2D eigenvalue weighted by molar-refractivity contribution is -0.121. The topological polar surface area (TPSA) is 70.6 Å². The monoisotopic (exact) mass is 381 g/mol. The molecular weight excluding hydrogens is 354 g/mol. The summed E-state index contributed by atoms with van der Waals surface area (Å²) in [5.41, 5.74) is 3.15. The van der Waals surface area contributed by atoms with Crippen molar-refractivity contribution in [3.63, 3.8) is 0 Å². The first-order chi connectivity index (χ1) is 13.7. The zero-order valence-corrected chi connectivity index (χ0v) is 16.3. The van der Waals surface area contributed by atoms with Crippen LogP contribution in [0, 0.1) is 6.92 Å². The van der Waals surface area contributed by atoms with Crippen LogP contribution in [0.3, 0.4) is 0 Å². The second-order valence-corrected chi connectivity index (χ2v) is 7.47. The SMILES string of the molecule is Cc1ccccc1N1CCN(Cc2cnc(NC[C@H]3CCCO3)nc2)CC1=O. The van der Waals surface area contributed by atoms with Gasteiger partial charge in [-0.15, -0.1) is 0 Å². The Morgan fingerprint density at radius 3 is 2.75 bits per heavy atom. The van der Waals surface area contributed by atoms with E-state index >= 15 is 0 Å². The van der Waals surface area contributed by atoms with Gasteiger partial charge in [0.1, 0.15) is 0 Å². The molecule has 7 heteroatoms. The van der Waals surface area contributed by atoms with Gasteiger partial charge in [0.25, 0.3) is 0 Å². The van der Waals surface area contributed by atoms with E-state index in [1.807, 2.05) is 48.5 Å². The largest absolute Gasteiger partial charge is 0.376 e. The average molecular weight is 381 g/mol. The first-order valence-electron chi connectivity index (χ1n) is 9.94. The molecule has 1 atom stereocenters. The van der Waals surface area contributed by atoms with Crippen LogP contribution in [0.1, 0.15) is 24.0 Å². The molecule has 1 amide bonds. The summed E-state index contributed by atoms with van der Waals surface area (Å²) in [6.07, 6.45) is 6.15. The quantitative estimate of drug-likeness (QED) is 0.827. The molecule has 0 unspecified atom stereocenters. The molecular formula is C21H27N5O2. The molecule has 0 spiro atoms. The Balaban J connectivity index is 1.29. The van der Waals surface area contributed by atoms with Crippen molar-refractivity contribution in [2.75, 3.05) is 43.0 Å². The molecule has 0 radical (unpaired) electrons. The number of rotatable bonds is 6. The van der Waals surface area contributed by atoms with Gasteiger partial charge in [-0.1, -0.05) is 18.2 Å². The number of hydrogen-bond acceptors (Lipinski definition) is 6. The Labute approximate surface area is 165 Å². The van der Waals surface area contributed by atoms with Gasteiger partial charge >= 0.3 is 0 Å². The molecule has 3 heterocycles. The standard InChI is InChI=1S/C21H27N5O2/c1-16-5-2-3-7-19(16)26-9-8-25(15-20(26)27)14-17-11-22-21(23-12-17)24-13-18-6-4-10-28-18/h2-3,5,7,11-12,18H,4,6,8-10,13-15H2,1H3,(H,22,23,24)/t18-/m1/s1. The third-order valence-electron chi connectivity index (χ3n) is 5.33. The summed E-state index contributed by atoms with van der Waals surface area (Å²) in [4.78, 5) is 25.5. The van der Waals surface area contributed by atoms with Crippen LogP contribution < -0.4 is 10.2 Å². The second-order valence-electron chi connectivity index (χ2n) is 7.47. The van der Waals surface area contributed by atoms with Crippen molar-refractivity contribution >= 4 is 17.5 Å². The van der Waals surface area contributed by atoms with Crippen LogP contribution in [0.15, 0.2) is 36.7 Å². The van der Waals surface area contributed by atoms with Crippen molar-refractivity contribution in [3.05, 3.63) is 47.8 Å². The average Bonchev–Trinajstić information content (AvgIpc) is 3.22. The van der Waals surface area contributed by atoms with E-state index in [9.17, 15) is 4.79 Å². The third kappa shape index (κ3) is 4.48. The first-order valence-corrected chi connectivity index (χ1v) is 9.94. The number of benzene rings is 1. The number of hydrogen-bond donors (Lipinski definition) is 1. The molecule has 2 aliphatic rings. The van der Waals surface area contributed by atoms with Gasteiger partial charge in [-0.3, -0.25) is 9.69 Å². The maximum Gasteiger partial charge on any atom is 0.241 e. The number of piperazine rings is 1. The van der Waals surface area contributed by atoms with Gasteiger partial charge in [-0.2, -0.15) is 0 Å². The lowest BCUT2D eigenvalue weighted by Crippen LogP contribution is -2.50. The summed E-state index contributed by atoms with van der Waals surface area (Å²) >= 11 is 0. The molecule has 2 aromatic rings. The fourth-order valence-corrected chi connectivity index (χ4v) is 3.77. The minimum Gasteiger partial charge on any atom is -0.376 e. The summed E-state index contributed by atoms with van der Waals surface area (Å²) in [6.45, 7) is 6.26. The lowest BCUT2D eigenvalue weighted by Gasteiger charge is -2.35. The second kappa shape index (κ2) is 8.67. The Kier molecular flexibility index (Phi) is 5.83. The molecule has 148 valence electrons. The molecule has 4 rings (SSSR count). The van der Waals surface area contributed by atoms with Crippen molar-refractivity contribution in [1.29, 1.82) is 0 Å². The molecule has 2 saturated heterocycles. The van der Waals surface area contributed by atoms with Crippen LogP contribution in [0.25, 0.3) is 0 Å². The van der Waals surface area contributed by atoms with Crippen LogP contribution >= 0.6 is 0 Å². The van der Waals surface area contributed by atoms with Crippen LogP contribution in [0.2, 0.25) is 0 Å². The number of aromatic nitrogens is 2. The first kappa shape index (κ1) is 18.8. The van der Waals surface area contributed by atoms with Gasteiger partial charge in [-0.25, -0.2) is 9.97 Å². The van der Waals surface area contributed by atoms with Crippen LogP contribution in [-0.2, 0) is 16.1 Å². The summed E-state index contributed by atoms with van der Waals surface area (Å²) in [5, 5.41) is 3.23. The van der Waals surface area contributed by atoms with E-state index in [-0.39, 0.29) is 12.0 Å². The van der Waals surface area contributed by atoms with E-state index in [4.69, 9.17) is 4.74 Å². The summed E-state index contributed by atoms with van der Waals surface area (Å²) < 4.78 is 5.60. The normalized spacial score (nSPS) is 20.5. The highest BCUT2D eigenvalue weighted by molar-refractivity contribution is 5.96. The van der Waals surface area contributed by atoms with Gasteiger partial charge < -0.3 is 15.0 Å². The fraction of sp³-hybridized carbons (Fsp3) is 0.476. The molecule has 1 aromatic heterocycles. The molecule has 2 aliphatic heterocycles. The number of carbonyl (C=O) groups is 1. The molecule has 0 aliphatic carbocycles. The highest BCUT2D eigenvalue weighted by Crippen LogP contribution is 2.22. The zero-order chi connectivity index (χ0) is 19.3. The molecule has 0 saturated carbocycles. The maximum absolute atomic E-state index is 12.6. The highest BCUT2D eigenvalue weighted by atomic mass is 16.5. The molecule has 1 N–H and O–H groups in total. The molecule has 2 fully saturated rings. The number of aryl methyl sites for hydroxylation is 1. The number of carbonyl (C=O) groups excluding carboxylic acids is 1. The molecule has 0 bridgehead atoms. The number of nitrogens with one attached hydrogen (secondary N) is 1. The van der Waals surface area contributed by atoms with Gasteiger partial charge in [0.15, 0.2) is 0 Å². The number of anilines is 2. The van der Waals surface area contributed by atoms with E-state index < -0.39 is 0 Å². The van der Waals surface area contributed by atoms with Gasteiger partial charge in [-0.05, 0) is 31.4 Å². The van der Waals surface area contributed by atoms with Crippen LogP contribution in [0.4, 0.5) is 11.6 Å². The summed E-state index contributed by atoms with van der Waals surface area (Å²) in [7, 11) is 0. The predicted octanol–water partition coefficient (Wildman–Crippen LogP) is 2.22. The Bertz CT molecular complexity index is 805. The Morgan fingerprint density at radius 1 is 1.21 bits per heavy atom.